The SMILES string of the molecule is Cc1cccc(CSC(C)c2ccccc2)c1. The molecule has 0 aliphatic heterocycles. The number of rotatable bonds is 4. The topological polar surface area (TPSA) is 0 Å². The van der Waals surface area contributed by atoms with Crippen LogP contribution in [0, 0.1) is 6.92 Å². The number of benzene rings is 2. The van der Waals surface area contributed by atoms with Gasteiger partial charge in [0.25, 0.3) is 0 Å². The van der Waals surface area contributed by atoms with E-state index in [0.717, 1.165) is 5.75 Å². The van der Waals surface area contributed by atoms with Gasteiger partial charge in [-0.3, -0.25) is 0 Å². The lowest BCUT2D eigenvalue weighted by Gasteiger charge is -2.11. The summed E-state index contributed by atoms with van der Waals surface area (Å²) in [4.78, 5) is 0. The minimum absolute atomic E-state index is 0.553. The summed E-state index contributed by atoms with van der Waals surface area (Å²) in [7, 11) is 0. The molecule has 1 heteroatoms. The van der Waals surface area contributed by atoms with Gasteiger partial charge in [-0.15, -0.1) is 11.8 Å². The maximum absolute atomic E-state index is 2.27. The minimum atomic E-state index is 0.553. The molecule has 1 atom stereocenters. The Balaban J connectivity index is 1.95. The molecule has 2 rings (SSSR count). The molecule has 88 valence electrons. The Kier molecular flexibility index (Phi) is 4.27. The van der Waals surface area contributed by atoms with Crippen LogP contribution < -0.4 is 0 Å². The fourth-order valence-corrected chi connectivity index (χ4v) is 2.82. The van der Waals surface area contributed by atoms with Crippen molar-refractivity contribution in [2.24, 2.45) is 0 Å². The average Bonchev–Trinajstić information content (AvgIpc) is 2.37. The molecule has 2 aromatic rings. The third kappa shape index (κ3) is 3.64. The molecule has 0 spiro atoms. The summed E-state index contributed by atoms with van der Waals surface area (Å²) < 4.78 is 0. The van der Waals surface area contributed by atoms with Crippen molar-refractivity contribution in [2.45, 2.75) is 24.9 Å². The van der Waals surface area contributed by atoms with Crippen LogP contribution in [0.25, 0.3) is 0 Å². The van der Waals surface area contributed by atoms with Gasteiger partial charge in [-0.05, 0) is 25.0 Å². The van der Waals surface area contributed by atoms with Crippen molar-refractivity contribution < 1.29 is 0 Å². The highest BCUT2D eigenvalue weighted by atomic mass is 32.2. The maximum atomic E-state index is 2.27. The lowest BCUT2D eigenvalue weighted by atomic mass is 10.2. The van der Waals surface area contributed by atoms with Crippen molar-refractivity contribution in [3.05, 3.63) is 71.3 Å². The van der Waals surface area contributed by atoms with Crippen LogP contribution in [0.1, 0.15) is 28.9 Å². The van der Waals surface area contributed by atoms with Gasteiger partial charge < -0.3 is 0 Å². The number of aryl methyl sites for hydroxylation is 1. The summed E-state index contributed by atoms with van der Waals surface area (Å²) in [5.74, 6) is 1.08. The zero-order valence-electron chi connectivity index (χ0n) is 10.4. The second-order valence-corrected chi connectivity index (χ2v) is 5.68. The van der Waals surface area contributed by atoms with Crippen molar-refractivity contribution in [1.82, 2.24) is 0 Å². The quantitative estimate of drug-likeness (QED) is 0.728. The summed E-state index contributed by atoms with van der Waals surface area (Å²) in [6.07, 6.45) is 0. The summed E-state index contributed by atoms with van der Waals surface area (Å²) in [5, 5.41) is 0.553. The first-order valence-corrected chi connectivity index (χ1v) is 7.02. The van der Waals surface area contributed by atoms with E-state index in [2.05, 4.69) is 68.4 Å². The molecule has 0 N–H and O–H groups in total. The van der Waals surface area contributed by atoms with E-state index in [1.54, 1.807) is 0 Å². The lowest BCUT2D eigenvalue weighted by molar-refractivity contribution is 1.09. The monoisotopic (exact) mass is 242 g/mol. The molecule has 17 heavy (non-hydrogen) atoms. The summed E-state index contributed by atoms with van der Waals surface area (Å²) >= 11 is 1.99. The van der Waals surface area contributed by atoms with E-state index >= 15 is 0 Å². The normalized spacial score (nSPS) is 12.4. The van der Waals surface area contributed by atoms with Crippen molar-refractivity contribution in [1.29, 1.82) is 0 Å². The average molecular weight is 242 g/mol. The van der Waals surface area contributed by atoms with E-state index in [9.17, 15) is 0 Å². The fourth-order valence-electron chi connectivity index (χ4n) is 1.84. The zero-order valence-corrected chi connectivity index (χ0v) is 11.2. The van der Waals surface area contributed by atoms with Crippen LogP contribution in [-0.4, -0.2) is 0 Å². The fraction of sp³-hybridized carbons (Fsp3) is 0.250. The number of thioether (sulfide) groups is 1. The Morgan fingerprint density at radius 2 is 1.76 bits per heavy atom. The van der Waals surface area contributed by atoms with E-state index in [-0.39, 0.29) is 0 Å². The van der Waals surface area contributed by atoms with Crippen LogP contribution >= 0.6 is 11.8 Å². The molecule has 1 unspecified atom stereocenters. The van der Waals surface area contributed by atoms with Gasteiger partial charge in [0.15, 0.2) is 0 Å². The van der Waals surface area contributed by atoms with Gasteiger partial charge in [0.2, 0.25) is 0 Å². The van der Waals surface area contributed by atoms with Gasteiger partial charge in [0, 0.05) is 11.0 Å². The van der Waals surface area contributed by atoms with Gasteiger partial charge in [-0.1, -0.05) is 60.2 Å². The largest absolute Gasteiger partial charge is 0.149 e. The standard InChI is InChI=1S/C16H18S/c1-13-7-6-8-15(11-13)12-17-14(2)16-9-4-3-5-10-16/h3-11,14H,12H2,1-2H3. The first-order valence-electron chi connectivity index (χ1n) is 5.98. The molecular formula is C16H18S. The van der Waals surface area contributed by atoms with Crippen LogP contribution in [-0.2, 0) is 5.75 Å². The molecule has 0 aromatic heterocycles. The van der Waals surface area contributed by atoms with E-state index in [1.807, 2.05) is 11.8 Å². The smallest absolute Gasteiger partial charge is 0.0272 e. The Morgan fingerprint density at radius 1 is 1.00 bits per heavy atom. The van der Waals surface area contributed by atoms with Gasteiger partial charge in [-0.25, -0.2) is 0 Å². The second-order valence-electron chi connectivity index (χ2n) is 4.35. The Hall–Kier alpha value is -1.21. The predicted molar refractivity (Wildman–Crippen MR) is 77.3 cm³/mol. The minimum Gasteiger partial charge on any atom is -0.149 e. The first kappa shape index (κ1) is 12.3. The van der Waals surface area contributed by atoms with Crippen LogP contribution in [0.15, 0.2) is 54.6 Å². The van der Waals surface area contributed by atoms with Crippen molar-refractivity contribution >= 4 is 11.8 Å². The molecule has 0 aliphatic rings. The zero-order chi connectivity index (χ0) is 12.1. The molecule has 2 aromatic carbocycles. The van der Waals surface area contributed by atoms with Gasteiger partial charge in [-0.2, -0.15) is 0 Å². The Morgan fingerprint density at radius 3 is 2.47 bits per heavy atom. The third-order valence-corrected chi connectivity index (χ3v) is 4.12. The highest BCUT2D eigenvalue weighted by Crippen LogP contribution is 2.30. The molecule has 0 amide bonds. The molecular weight excluding hydrogens is 224 g/mol. The van der Waals surface area contributed by atoms with E-state index < -0.39 is 0 Å². The second kappa shape index (κ2) is 5.92. The van der Waals surface area contributed by atoms with Crippen LogP contribution in [0.4, 0.5) is 0 Å². The molecule has 0 heterocycles. The highest BCUT2D eigenvalue weighted by molar-refractivity contribution is 7.98. The van der Waals surface area contributed by atoms with Gasteiger partial charge >= 0.3 is 0 Å². The van der Waals surface area contributed by atoms with E-state index in [4.69, 9.17) is 0 Å². The summed E-state index contributed by atoms with van der Waals surface area (Å²) in [6.45, 7) is 4.42. The van der Waals surface area contributed by atoms with Crippen LogP contribution in [0.3, 0.4) is 0 Å². The summed E-state index contributed by atoms with van der Waals surface area (Å²) in [6, 6.07) is 19.5. The van der Waals surface area contributed by atoms with Crippen molar-refractivity contribution in [3.63, 3.8) is 0 Å². The predicted octanol–water partition coefficient (Wildman–Crippen LogP) is 4.99. The molecule has 0 fully saturated rings. The number of hydrogen-bond donors (Lipinski definition) is 0. The Labute approximate surface area is 108 Å². The number of hydrogen-bond acceptors (Lipinski definition) is 1. The first-order chi connectivity index (χ1) is 8.25. The van der Waals surface area contributed by atoms with Crippen molar-refractivity contribution in [2.75, 3.05) is 0 Å². The molecule has 0 bridgehead atoms. The molecule has 0 radical (unpaired) electrons. The molecule has 0 nitrogen and oxygen atoms in total. The molecule has 0 saturated carbocycles. The third-order valence-electron chi connectivity index (χ3n) is 2.85. The molecule has 0 saturated heterocycles. The van der Waals surface area contributed by atoms with Crippen molar-refractivity contribution in [3.8, 4) is 0 Å². The maximum Gasteiger partial charge on any atom is 0.0272 e. The lowest BCUT2D eigenvalue weighted by Crippen LogP contribution is -1.89. The Bertz CT molecular complexity index is 462. The van der Waals surface area contributed by atoms with E-state index in [0.29, 0.717) is 5.25 Å². The summed E-state index contributed by atoms with van der Waals surface area (Å²) in [5.41, 5.74) is 4.17. The highest BCUT2D eigenvalue weighted by Gasteiger charge is 2.05. The van der Waals surface area contributed by atoms with E-state index in [1.165, 1.54) is 16.7 Å². The van der Waals surface area contributed by atoms with Crippen LogP contribution in [0.5, 0.6) is 0 Å². The molecule has 0 aliphatic carbocycles. The van der Waals surface area contributed by atoms with Gasteiger partial charge in [0.05, 0.1) is 0 Å². The van der Waals surface area contributed by atoms with Gasteiger partial charge in [0.1, 0.15) is 0 Å². The van der Waals surface area contributed by atoms with Crippen LogP contribution in [0.2, 0.25) is 0 Å².